The van der Waals surface area contributed by atoms with Crippen LogP contribution in [-0.4, -0.2) is 6.61 Å². The van der Waals surface area contributed by atoms with Crippen LogP contribution in [0.15, 0.2) is 48.5 Å². The number of para-hydroxylation sites is 1. The predicted octanol–water partition coefficient (Wildman–Crippen LogP) is 4.39. The first-order valence-electron chi connectivity index (χ1n) is 8.45. The molecule has 0 unspecified atom stereocenters. The third-order valence-corrected chi connectivity index (χ3v) is 4.54. The van der Waals surface area contributed by atoms with E-state index in [-0.39, 0.29) is 5.54 Å². The minimum atomic E-state index is -0.293. The van der Waals surface area contributed by atoms with Crippen LogP contribution in [0.3, 0.4) is 0 Å². The smallest absolute Gasteiger partial charge is 0.166 e. The fraction of sp³-hybridized carbons (Fsp3) is 0.400. The summed E-state index contributed by atoms with van der Waals surface area (Å²) >= 11 is 0. The Bertz CT molecular complexity index is 633. The normalized spacial score (nSPS) is 16.3. The monoisotopic (exact) mass is 311 g/mol. The molecule has 2 aromatic rings. The van der Waals surface area contributed by atoms with Crippen LogP contribution in [0.25, 0.3) is 0 Å². The van der Waals surface area contributed by atoms with Gasteiger partial charge in [0.05, 0.1) is 6.61 Å². The topological polar surface area (TPSA) is 44.5 Å². The predicted molar refractivity (Wildman–Crippen MR) is 92.7 cm³/mol. The third-order valence-electron chi connectivity index (χ3n) is 4.54. The Labute approximate surface area is 138 Å². The summed E-state index contributed by atoms with van der Waals surface area (Å²) in [5.74, 6) is 1.60. The summed E-state index contributed by atoms with van der Waals surface area (Å²) in [6.45, 7) is 3.12. The van der Waals surface area contributed by atoms with E-state index in [1.54, 1.807) is 0 Å². The van der Waals surface area contributed by atoms with Crippen molar-refractivity contribution in [2.45, 2.75) is 44.8 Å². The van der Waals surface area contributed by atoms with E-state index in [9.17, 15) is 0 Å². The average Bonchev–Trinajstić information content (AvgIpc) is 3.02. The third kappa shape index (κ3) is 3.50. The minimum absolute atomic E-state index is 0.293. The number of hydrogen-bond acceptors (Lipinski definition) is 3. The summed E-state index contributed by atoms with van der Waals surface area (Å²) in [5, 5.41) is 0. The Morgan fingerprint density at radius 3 is 2.39 bits per heavy atom. The van der Waals surface area contributed by atoms with Crippen molar-refractivity contribution in [1.29, 1.82) is 0 Å². The highest BCUT2D eigenvalue weighted by atomic mass is 16.5. The summed E-state index contributed by atoms with van der Waals surface area (Å²) in [6.07, 6.45) is 4.36. The quantitative estimate of drug-likeness (QED) is 0.860. The van der Waals surface area contributed by atoms with Crippen molar-refractivity contribution in [3.8, 4) is 11.5 Å². The molecule has 1 fully saturated rings. The van der Waals surface area contributed by atoms with E-state index in [1.165, 1.54) is 12.8 Å². The molecular formula is C20H25NO2. The molecule has 3 heteroatoms. The van der Waals surface area contributed by atoms with Gasteiger partial charge >= 0.3 is 0 Å². The van der Waals surface area contributed by atoms with Gasteiger partial charge in [-0.2, -0.15) is 0 Å². The molecule has 0 aromatic heterocycles. The van der Waals surface area contributed by atoms with Crippen LogP contribution in [0.5, 0.6) is 11.5 Å². The molecule has 0 radical (unpaired) electrons. The molecule has 2 aromatic carbocycles. The van der Waals surface area contributed by atoms with Crippen molar-refractivity contribution in [3.63, 3.8) is 0 Å². The average molecular weight is 311 g/mol. The van der Waals surface area contributed by atoms with Crippen LogP contribution in [0.1, 0.15) is 43.7 Å². The number of rotatable bonds is 6. The highest BCUT2D eigenvalue weighted by molar-refractivity contribution is 5.50. The molecular weight excluding hydrogens is 286 g/mol. The molecule has 23 heavy (non-hydrogen) atoms. The lowest BCUT2D eigenvalue weighted by Crippen LogP contribution is -2.33. The minimum Gasteiger partial charge on any atom is -0.490 e. The van der Waals surface area contributed by atoms with Crippen LogP contribution in [-0.2, 0) is 12.1 Å². The molecule has 0 atom stereocenters. The summed E-state index contributed by atoms with van der Waals surface area (Å²) < 4.78 is 12.0. The SMILES string of the molecule is CCOc1cccc(C2(N)CCCC2)c1OCc1ccccc1. The molecule has 3 nitrogen and oxygen atoms in total. The summed E-state index contributed by atoms with van der Waals surface area (Å²) in [6, 6.07) is 16.3. The molecule has 0 saturated heterocycles. The van der Waals surface area contributed by atoms with Crippen molar-refractivity contribution in [2.75, 3.05) is 6.61 Å². The van der Waals surface area contributed by atoms with E-state index in [0.29, 0.717) is 13.2 Å². The van der Waals surface area contributed by atoms with E-state index in [4.69, 9.17) is 15.2 Å². The van der Waals surface area contributed by atoms with E-state index in [2.05, 4.69) is 18.2 Å². The van der Waals surface area contributed by atoms with Gasteiger partial charge in [-0.15, -0.1) is 0 Å². The van der Waals surface area contributed by atoms with Crippen molar-refractivity contribution < 1.29 is 9.47 Å². The lowest BCUT2D eigenvalue weighted by molar-refractivity contribution is 0.259. The lowest BCUT2D eigenvalue weighted by atomic mass is 9.88. The Hall–Kier alpha value is -2.00. The fourth-order valence-electron chi connectivity index (χ4n) is 3.33. The van der Waals surface area contributed by atoms with Gasteiger partial charge in [0.25, 0.3) is 0 Å². The van der Waals surface area contributed by atoms with Gasteiger partial charge in [-0.1, -0.05) is 55.3 Å². The van der Waals surface area contributed by atoms with Crippen molar-refractivity contribution in [3.05, 3.63) is 59.7 Å². The first-order valence-corrected chi connectivity index (χ1v) is 8.45. The fourth-order valence-corrected chi connectivity index (χ4v) is 3.33. The van der Waals surface area contributed by atoms with Gasteiger partial charge < -0.3 is 15.2 Å². The van der Waals surface area contributed by atoms with Gasteiger partial charge in [-0.3, -0.25) is 0 Å². The number of hydrogen-bond donors (Lipinski definition) is 1. The number of ether oxygens (including phenoxy) is 2. The first-order chi connectivity index (χ1) is 11.2. The lowest BCUT2D eigenvalue weighted by Gasteiger charge is -2.28. The molecule has 0 aliphatic heterocycles. The molecule has 2 N–H and O–H groups in total. The highest BCUT2D eigenvalue weighted by Gasteiger charge is 2.35. The number of benzene rings is 2. The second kappa shape index (κ2) is 7.05. The zero-order valence-electron chi connectivity index (χ0n) is 13.8. The molecule has 0 bridgehead atoms. The van der Waals surface area contributed by atoms with E-state index < -0.39 is 0 Å². The molecule has 0 amide bonds. The largest absolute Gasteiger partial charge is 0.490 e. The summed E-state index contributed by atoms with van der Waals surface area (Å²) in [4.78, 5) is 0. The van der Waals surface area contributed by atoms with Crippen molar-refractivity contribution in [2.24, 2.45) is 5.73 Å². The number of nitrogens with two attached hydrogens (primary N) is 1. The molecule has 1 aliphatic rings. The van der Waals surface area contributed by atoms with Crippen LogP contribution >= 0.6 is 0 Å². The van der Waals surface area contributed by atoms with E-state index in [1.807, 2.05) is 37.3 Å². The standard InChI is InChI=1S/C20H25NO2/c1-2-22-18-12-8-11-17(20(21)13-6-7-14-20)19(18)23-15-16-9-4-3-5-10-16/h3-5,8-12H,2,6-7,13-15,21H2,1H3. The highest BCUT2D eigenvalue weighted by Crippen LogP contribution is 2.44. The van der Waals surface area contributed by atoms with E-state index in [0.717, 1.165) is 35.5 Å². The van der Waals surface area contributed by atoms with Gasteiger partial charge in [0.15, 0.2) is 11.5 Å². The first kappa shape index (κ1) is 15.9. The molecule has 1 saturated carbocycles. The van der Waals surface area contributed by atoms with Crippen LogP contribution < -0.4 is 15.2 Å². The van der Waals surface area contributed by atoms with Crippen molar-refractivity contribution >= 4 is 0 Å². The Morgan fingerprint density at radius 2 is 1.70 bits per heavy atom. The second-order valence-electron chi connectivity index (χ2n) is 6.20. The molecule has 0 heterocycles. The van der Waals surface area contributed by atoms with E-state index >= 15 is 0 Å². The van der Waals surface area contributed by atoms with Gasteiger partial charge in [-0.05, 0) is 31.4 Å². The second-order valence-corrected chi connectivity index (χ2v) is 6.20. The van der Waals surface area contributed by atoms with Gasteiger partial charge in [0.1, 0.15) is 6.61 Å². The maximum atomic E-state index is 6.68. The van der Waals surface area contributed by atoms with Gasteiger partial charge in [0, 0.05) is 11.1 Å². The van der Waals surface area contributed by atoms with Crippen LogP contribution in [0.4, 0.5) is 0 Å². The molecule has 1 aliphatic carbocycles. The maximum absolute atomic E-state index is 6.68. The van der Waals surface area contributed by atoms with Crippen LogP contribution in [0, 0.1) is 0 Å². The Morgan fingerprint density at radius 1 is 0.957 bits per heavy atom. The van der Waals surface area contributed by atoms with Gasteiger partial charge in [0.2, 0.25) is 0 Å². The summed E-state index contributed by atoms with van der Waals surface area (Å²) in [5.41, 5.74) is 8.61. The summed E-state index contributed by atoms with van der Waals surface area (Å²) in [7, 11) is 0. The molecule has 0 spiro atoms. The maximum Gasteiger partial charge on any atom is 0.166 e. The Kier molecular flexibility index (Phi) is 4.87. The van der Waals surface area contributed by atoms with Crippen molar-refractivity contribution in [1.82, 2.24) is 0 Å². The van der Waals surface area contributed by atoms with Gasteiger partial charge in [-0.25, -0.2) is 0 Å². The zero-order chi connectivity index (χ0) is 16.1. The van der Waals surface area contributed by atoms with Crippen LogP contribution in [0.2, 0.25) is 0 Å². The molecule has 122 valence electrons. The Balaban J connectivity index is 1.91. The zero-order valence-corrected chi connectivity index (χ0v) is 13.8. The molecule has 3 rings (SSSR count).